The van der Waals surface area contributed by atoms with Gasteiger partial charge in [0.15, 0.2) is 0 Å². The maximum atomic E-state index is 5.71. The third-order valence-electron chi connectivity index (χ3n) is 8.42. The average molecular weight is 527 g/mol. The van der Waals surface area contributed by atoms with E-state index in [1.54, 1.807) is 5.56 Å². The topological polar surface area (TPSA) is 0 Å². The van der Waals surface area contributed by atoms with Crippen molar-refractivity contribution in [1.82, 2.24) is 0 Å². The highest BCUT2D eigenvalue weighted by atomic mass is 35.5. The minimum Gasteiger partial charge on any atom is -0.0955 e. The molecule has 3 aromatic carbocycles. The molecule has 2 aliphatic carbocycles. The summed E-state index contributed by atoms with van der Waals surface area (Å²) in [6, 6.07) is 23.6. The monoisotopic (exact) mass is 526 g/mol. The fourth-order valence-electron chi connectivity index (χ4n) is 5.21. The van der Waals surface area contributed by atoms with Gasteiger partial charge in [-0.15, -0.1) is 0 Å². The van der Waals surface area contributed by atoms with Crippen LogP contribution < -0.4 is 0 Å². The molecule has 0 amide bonds. The summed E-state index contributed by atoms with van der Waals surface area (Å²) in [7, 11) is 0. The van der Waals surface area contributed by atoms with Crippen molar-refractivity contribution in [3.8, 4) is 0 Å². The van der Waals surface area contributed by atoms with Crippen LogP contribution in [0.4, 0.5) is 0 Å². The summed E-state index contributed by atoms with van der Waals surface area (Å²) in [5.74, 6) is 0. The van der Waals surface area contributed by atoms with Crippen molar-refractivity contribution >= 4 is 22.7 Å². The lowest BCUT2D eigenvalue weighted by atomic mass is 9.86. The highest BCUT2D eigenvalue weighted by Gasteiger charge is 2.43. The third kappa shape index (κ3) is 7.73. The molecule has 0 spiro atoms. The van der Waals surface area contributed by atoms with Crippen molar-refractivity contribution in [2.24, 2.45) is 0 Å². The predicted molar refractivity (Wildman–Crippen MR) is 170 cm³/mol. The van der Waals surface area contributed by atoms with E-state index in [-0.39, 0.29) is 0 Å². The number of allylic oxidation sites excluding steroid dienone is 2. The highest BCUT2D eigenvalue weighted by molar-refractivity contribution is 6.30. The lowest BCUT2D eigenvalue weighted by molar-refractivity contribution is 0.659. The van der Waals surface area contributed by atoms with Gasteiger partial charge in [0.05, 0.1) is 0 Å². The fraction of sp³-hybridized carbons (Fsp3) is 0.405. The van der Waals surface area contributed by atoms with Gasteiger partial charge in [-0.1, -0.05) is 118 Å². The largest absolute Gasteiger partial charge is 0.0955 e. The summed E-state index contributed by atoms with van der Waals surface area (Å²) in [5.41, 5.74) is 11.8. The molecule has 0 nitrogen and oxygen atoms in total. The second-order valence-electron chi connectivity index (χ2n) is 11.7. The van der Waals surface area contributed by atoms with E-state index in [1.807, 2.05) is 19.1 Å². The van der Waals surface area contributed by atoms with Crippen LogP contribution >= 0.6 is 11.6 Å². The molecule has 2 fully saturated rings. The molecule has 0 atom stereocenters. The van der Waals surface area contributed by atoms with Gasteiger partial charge in [-0.25, -0.2) is 0 Å². The standard InChI is InChI=1S/C15H20.C13H16.C9H11Cl/c1-5-15(9-10-15)14-8-6-7-13(11(2)3)12(14)4;1-10(2)11-4-6-12(7-5-11)13(3)8-9-13;1-2-3-8-4-6-9(10)7-5-8/h6-8H,2,5,9-10H2,1,3-4H3;4-7H,1,8-9H2,2-3H3;4-7H,2-3H2,1H3. The first kappa shape index (κ1) is 30.0. The van der Waals surface area contributed by atoms with Gasteiger partial charge in [0.2, 0.25) is 0 Å². The molecule has 202 valence electrons. The van der Waals surface area contributed by atoms with Crippen LogP contribution in [0.5, 0.6) is 0 Å². The molecular weight excluding hydrogens is 480 g/mol. The van der Waals surface area contributed by atoms with E-state index < -0.39 is 0 Å². The van der Waals surface area contributed by atoms with Crippen molar-refractivity contribution in [3.63, 3.8) is 0 Å². The Hall–Kier alpha value is -2.57. The first-order valence-electron chi connectivity index (χ1n) is 14.3. The second kappa shape index (κ2) is 13.0. The lowest BCUT2D eigenvalue weighted by Crippen LogP contribution is -2.07. The summed E-state index contributed by atoms with van der Waals surface area (Å²) < 4.78 is 0. The molecule has 0 radical (unpaired) electrons. The smallest absolute Gasteiger partial charge is 0.0406 e. The fourth-order valence-corrected chi connectivity index (χ4v) is 5.34. The Morgan fingerprint density at radius 2 is 1.42 bits per heavy atom. The summed E-state index contributed by atoms with van der Waals surface area (Å²) >= 11 is 5.71. The van der Waals surface area contributed by atoms with Crippen molar-refractivity contribution in [3.05, 3.63) is 118 Å². The molecule has 0 N–H and O–H groups in total. The SMILES string of the molecule is C=C(C)c1ccc(C2(C)CC2)cc1.C=C(C)c1cccc(C2(CC)CC2)c1C.CCCc1ccc(Cl)cc1. The Morgan fingerprint density at radius 1 is 0.816 bits per heavy atom. The van der Waals surface area contributed by atoms with Crippen molar-refractivity contribution < 1.29 is 0 Å². The average Bonchev–Trinajstić information content (AvgIpc) is 3.84. The number of rotatable bonds is 7. The van der Waals surface area contributed by atoms with Crippen LogP contribution in [0.1, 0.15) is 107 Å². The van der Waals surface area contributed by atoms with Crippen LogP contribution in [-0.4, -0.2) is 0 Å². The molecule has 0 saturated heterocycles. The number of hydrogen-bond acceptors (Lipinski definition) is 0. The maximum Gasteiger partial charge on any atom is 0.0406 e. The summed E-state index contributed by atoms with van der Waals surface area (Å²) in [6.45, 7) is 21.2. The van der Waals surface area contributed by atoms with E-state index in [0.717, 1.165) is 17.0 Å². The Kier molecular flexibility index (Phi) is 10.2. The maximum absolute atomic E-state index is 5.71. The van der Waals surface area contributed by atoms with Gasteiger partial charge in [0.1, 0.15) is 0 Å². The predicted octanol–water partition coefficient (Wildman–Crippen LogP) is 11.5. The molecule has 2 aliphatic rings. The molecule has 5 rings (SSSR count). The first-order chi connectivity index (χ1) is 18.0. The van der Waals surface area contributed by atoms with E-state index in [9.17, 15) is 0 Å². The summed E-state index contributed by atoms with van der Waals surface area (Å²) in [5, 5.41) is 0.819. The van der Waals surface area contributed by atoms with Gasteiger partial charge >= 0.3 is 0 Å². The lowest BCUT2D eigenvalue weighted by Gasteiger charge is -2.18. The Labute approximate surface area is 237 Å². The minimum atomic E-state index is 0.494. The number of benzene rings is 3. The van der Waals surface area contributed by atoms with Gasteiger partial charge in [-0.05, 0) is 116 Å². The van der Waals surface area contributed by atoms with E-state index in [0.29, 0.717) is 10.8 Å². The molecule has 0 aliphatic heterocycles. The quantitative estimate of drug-likeness (QED) is 0.287. The van der Waals surface area contributed by atoms with E-state index in [4.69, 9.17) is 11.6 Å². The van der Waals surface area contributed by atoms with Crippen molar-refractivity contribution in [2.45, 2.75) is 97.3 Å². The minimum absolute atomic E-state index is 0.494. The summed E-state index contributed by atoms with van der Waals surface area (Å²) in [6.07, 6.45) is 9.04. The molecule has 0 bridgehead atoms. The van der Waals surface area contributed by atoms with Gasteiger partial charge in [-0.3, -0.25) is 0 Å². The van der Waals surface area contributed by atoms with Gasteiger partial charge in [0, 0.05) is 5.02 Å². The Morgan fingerprint density at radius 3 is 1.87 bits per heavy atom. The number of hydrogen-bond donors (Lipinski definition) is 0. The van der Waals surface area contributed by atoms with Crippen LogP contribution in [0.15, 0.2) is 79.9 Å². The van der Waals surface area contributed by atoms with Crippen molar-refractivity contribution in [2.75, 3.05) is 0 Å². The molecule has 3 aromatic rings. The van der Waals surface area contributed by atoms with Crippen LogP contribution in [0.3, 0.4) is 0 Å². The van der Waals surface area contributed by atoms with E-state index in [2.05, 4.69) is 102 Å². The molecule has 0 heterocycles. The summed E-state index contributed by atoms with van der Waals surface area (Å²) in [4.78, 5) is 0. The zero-order valence-corrected chi connectivity index (χ0v) is 25.3. The van der Waals surface area contributed by atoms with E-state index in [1.165, 1.54) is 71.9 Å². The van der Waals surface area contributed by atoms with E-state index >= 15 is 0 Å². The second-order valence-corrected chi connectivity index (χ2v) is 12.1. The normalized spacial score (nSPS) is 15.8. The molecular formula is C37H47Cl. The molecule has 1 heteroatoms. The molecule has 38 heavy (non-hydrogen) atoms. The highest BCUT2D eigenvalue weighted by Crippen LogP contribution is 2.52. The molecule has 0 aromatic heterocycles. The van der Waals surface area contributed by atoms with Gasteiger partial charge in [0.25, 0.3) is 0 Å². The Bertz CT molecular complexity index is 1220. The van der Waals surface area contributed by atoms with Crippen LogP contribution in [0, 0.1) is 6.92 Å². The first-order valence-corrected chi connectivity index (χ1v) is 14.7. The van der Waals surface area contributed by atoms with Crippen LogP contribution in [0.2, 0.25) is 5.02 Å². The third-order valence-corrected chi connectivity index (χ3v) is 8.67. The zero-order chi connectivity index (χ0) is 27.9. The number of halogens is 1. The van der Waals surface area contributed by atoms with Crippen LogP contribution in [-0.2, 0) is 17.3 Å². The van der Waals surface area contributed by atoms with Gasteiger partial charge in [-0.2, -0.15) is 0 Å². The zero-order valence-electron chi connectivity index (χ0n) is 24.6. The van der Waals surface area contributed by atoms with Crippen molar-refractivity contribution in [1.29, 1.82) is 0 Å². The molecule has 2 saturated carbocycles. The number of aryl methyl sites for hydroxylation is 1. The Balaban J connectivity index is 0.000000161. The van der Waals surface area contributed by atoms with Crippen LogP contribution in [0.25, 0.3) is 11.1 Å². The molecule has 0 unspecified atom stereocenters. The van der Waals surface area contributed by atoms with Gasteiger partial charge < -0.3 is 0 Å².